The maximum Gasteiger partial charge on any atom is 0.331 e. The second-order valence-corrected chi connectivity index (χ2v) is 8.36. The topological polar surface area (TPSA) is 97.9 Å². The first kappa shape index (κ1) is 14.5. The predicted octanol–water partition coefficient (Wildman–Crippen LogP) is -0.129. The van der Waals surface area contributed by atoms with Gasteiger partial charge in [0.25, 0.3) is 0 Å². The van der Waals surface area contributed by atoms with E-state index in [1.165, 1.54) is 6.08 Å². The van der Waals surface area contributed by atoms with Gasteiger partial charge in [0.1, 0.15) is 23.7 Å². The number of rotatable bonds is 1. The first-order chi connectivity index (χ1) is 11.8. The van der Waals surface area contributed by atoms with E-state index in [2.05, 4.69) is 6.58 Å². The number of cyclic esters (lactones) is 1. The highest BCUT2D eigenvalue weighted by Gasteiger charge is 2.88. The summed E-state index contributed by atoms with van der Waals surface area (Å²) in [4.78, 5) is 24.9. The van der Waals surface area contributed by atoms with E-state index >= 15 is 0 Å². The molecule has 5 fully saturated rings. The minimum absolute atomic E-state index is 0.276. The zero-order chi connectivity index (χ0) is 17.5. The highest BCUT2D eigenvalue weighted by atomic mass is 16.7. The van der Waals surface area contributed by atoms with Crippen LogP contribution in [0.5, 0.6) is 0 Å². The molecule has 0 bridgehead atoms. The average molecular weight is 346 g/mol. The molecule has 7 heteroatoms. The van der Waals surface area contributed by atoms with E-state index in [4.69, 9.17) is 18.9 Å². The molecule has 1 spiro atoms. The number of fused-ring (bicyclic) bond motifs is 4. The van der Waals surface area contributed by atoms with Crippen LogP contribution in [0.25, 0.3) is 0 Å². The van der Waals surface area contributed by atoms with Gasteiger partial charge in [-0.25, -0.2) is 4.79 Å². The molecule has 2 saturated carbocycles. The van der Waals surface area contributed by atoms with Crippen LogP contribution in [0.4, 0.5) is 0 Å². The summed E-state index contributed by atoms with van der Waals surface area (Å²) in [6, 6.07) is 0. The standard InChI is InChI=1S/C18H18O7/c1-4-7-18-6(5-8(19)22-7)16(2)11-9(14(18)25-18)24-15(21)17(11,3)12(20)10-13(16)23-10/h4-5,7,9-14,20H,1H2,2-3H3/t7?,9?,10?,11?,12-,13?,14?,16+,17+,18?/m0/s1. The van der Waals surface area contributed by atoms with Gasteiger partial charge in [0, 0.05) is 17.4 Å². The molecule has 7 unspecified atom stereocenters. The molecule has 6 aliphatic rings. The third-order valence-electron chi connectivity index (χ3n) is 7.47. The van der Waals surface area contributed by atoms with Crippen molar-refractivity contribution in [2.45, 2.75) is 56.1 Å². The Bertz CT molecular complexity index is 803. The minimum atomic E-state index is -1.08. The molecule has 0 aromatic heterocycles. The number of ether oxygens (including phenoxy) is 4. The van der Waals surface area contributed by atoms with E-state index in [0.717, 1.165) is 5.57 Å². The van der Waals surface area contributed by atoms with Gasteiger partial charge < -0.3 is 24.1 Å². The van der Waals surface area contributed by atoms with E-state index in [-0.39, 0.29) is 12.0 Å². The highest BCUT2D eigenvalue weighted by Crippen LogP contribution is 2.75. The molecule has 0 radical (unpaired) electrons. The second kappa shape index (κ2) is 3.70. The van der Waals surface area contributed by atoms with E-state index < -0.39 is 58.9 Å². The number of hydrogen-bond donors (Lipinski definition) is 1. The lowest BCUT2D eigenvalue weighted by atomic mass is 9.46. The molecular weight excluding hydrogens is 328 g/mol. The summed E-state index contributed by atoms with van der Waals surface area (Å²) in [6.45, 7) is 7.51. The first-order valence-corrected chi connectivity index (χ1v) is 8.59. The van der Waals surface area contributed by atoms with E-state index in [1.807, 2.05) is 6.92 Å². The van der Waals surface area contributed by atoms with Crippen molar-refractivity contribution >= 4 is 11.9 Å². The molecule has 25 heavy (non-hydrogen) atoms. The third-order valence-corrected chi connectivity index (χ3v) is 7.47. The molecule has 7 nitrogen and oxygen atoms in total. The highest BCUT2D eigenvalue weighted by molar-refractivity contribution is 5.88. The summed E-state index contributed by atoms with van der Waals surface area (Å²) in [5.74, 6) is -1.20. The molecule has 4 heterocycles. The van der Waals surface area contributed by atoms with Crippen molar-refractivity contribution in [3.63, 3.8) is 0 Å². The van der Waals surface area contributed by atoms with Crippen LogP contribution in [-0.2, 0) is 28.5 Å². The number of esters is 2. The van der Waals surface area contributed by atoms with E-state index in [1.54, 1.807) is 13.0 Å². The quantitative estimate of drug-likeness (QED) is 0.401. The van der Waals surface area contributed by atoms with Crippen molar-refractivity contribution in [1.82, 2.24) is 0 Å². The van der Waals surface area contributed by atoms with Gasteiger partial charge in [-0.05, 0) is 18.6 Å². The van der Waals surface area contributed by atoms with Crippen LogP contribution in [0.15, 0.2) is 24.3 Å². The Kier molecular flexibility index (Phi) is 2.14. The van der Waals surface area contributed by atoms with Crippen molar-refractivity contribution in [3.8, 4) is 0 Å². The van der Waals surface area contributed by atoms with Gasteiger partial charge in [0.15, 0.2) is 11.7 Å². The lowest BCUT2D eigenvalue weighted by molar-refractivity contribution is -0.155. The van der Waals surface area contributed by atoms with Crippen LogP contribution in [0.3, 0.4) is 0 Å². The fourth-order valence-corrected chi connectivity index (χ4v) is 6.34. The Balaban J connectivity index is 1.62. The summed E-state index contributed by atoms with van der Waals surface area (Å²) in [7, 11) is 0. The van der Waals surface area contributed by atoms with Gasteiger partial charge in [-0.15, -0.1) is 0 Å². The normalized spacial score (nSPS) is 62.4. The Labute approximate surface area is 143 Å². The summed E-state index contributed by atoms with van der Waals surface area (Å²) in [5.41, 5.74) is -1.78. The van der Waals surface area contributed by atoms with E-state index in [9.17, 15) is 14.7 Å². The molecule has 2 aliphatic carbocycles. The second-order valence-electron chi connectivity index (χ2n) is 8.36. The van der Waals surface area contributed by atoms with Crippen molar-refractivity contribution < 1.29 is 33.6 Å². The number of epoxide rings is 2. The molecule has 10 atom stereocenters. The van der Waals surface area contributed by atoms with Crippen molar-refractivity contribution in [3.05, 3.63) is 24.3 Å². The van der Waals surface area contributed by atoms with Crippen LogP contribution in [0, 0.1) is 16.7 Å². The molecule has 1 N–H and O–H groups in total. The summed E-state index contributed by atoms with van der Waals surface area (Å²) in [6.07, 6.45) is -0.125. The first-order valence-electron chi connectivity index (χ1n) is 8.59. The number of aliphatic hydroxyl groups is 1. The Morgan fingerprint density at radius 2 is 1.92 bits per heavy atom. The Morgan fingerprint density at radius 3 is 2.64 bits per heavy atom. The largest absolute Gasteiger partial charge is 0.459 e. The Hall–Kier alpha value is -1.70. The monoisotopic (exact) mass is 346 g/mol. The zero-order valence-electron chi connectivity index (χ0n) is 13.8. The summed E-state index contributed by atoms with van der Waals surface area (Å²) < 4.78 is 23.0. The summed E-state index contributed by atoms with van der Waals surface area (Å²) >= 11 is 0. The van der Waals surface area contributed by atoms with Crippen molar-refractivity contribution in [2.24, 2.45) is 16.7 Å². The van der Waals surface area contributed by atoms with Gasteiger partial charge in [0.05, 0.1) is 12.2 Å². The molecule has 6 rings (SSSR count). The smallest absolute Gasteiger partial charge is 0.331 e. The molecule has 132 valence electrons. The van der Waals surface area contributed by atoms with E-state index in [0.29, 0.717) is 0 Å². The third kappa shape index (κ3) is 1.21. The maximum absolute atomic E-state index is 12.7. The van der Waals surface area contributed by atoms with Gasteiger partial charge in [0.2, 0.25) is 0 Å². The number of carbonyl (C=O) groups is 2. The van der Waals surface area contributed by atoms with Crippen LogP contribution in [0.1, 0.15) is 13.8 Å². The molecule has 0 aromatic carbocycles. The SMILES string of the molecule is C=CC1OC(=O)C=C2C13OC3C1OC(=O)[C@]3(C)C1[C@]2(C)C1OC1[C@@H]3O. The van der Waals surface area contributed by atoms with Gasteiger partial charge in [-0.1, -0.05) is 13.5 Å². The molecular formula is C18H18O7. The van der Waals surface area contributed by atoms with Crippen molar-refractivity contribution in [1.29, 1.82) is 0 Å². The number of hydrogen-bond acceptors (Lipinski definition) is 7. The van der Waals surface area contributed by atoms with Gasteiger partial charge >= 0.3 is 11.9 Å². The molecule has 0 aromatic rings. The maximum atomic E-state index is 12.7. The fourth-order valence-electron chi connectivity index (χ4n) is 6.34. The van der Waals surface area contributed by atoms with Crippen LogP contribution < -0.4 is 0 Å². The zero-order valence-corrected chi connectivity index (χ0v) is 13.8. The lowest BCUT2D eigenvalue weighted by Gasteiger charge is -2.53. The van der Waals surface area contributed by atoms with Crippen LogP contribution in [-0.4, -0.2) is 59.3 Å². The number of carbonyl (C=O) groups excluding carboxylic acids is 2. The van der Waals surface area contributed by atoms with Gasteiger partial charge in [-0.2, -0.15) is 0 Å². The molecule has 3 saturated heterocycles. The Morgan fingerprint density at radius 1 is 1.16 bits per heavy atom. The molecule has 0 amide bonds. The van der Waals surface area contributed by atoms with Gasteiger partial charge in [-0.3, -0.25) is 4.79 Å². The van der Waals surface area contributed by atoms with Crippen LogP contribution >= 0.6 is 0 Å². The average Bonchev–Trinajstić information content (AvgIpc) is 3.46. The van der Waals surface area contributed by atoms with Crippen molar-refractivity contribution in [2.75, 3.05) is 0 Å². The minimum Gasteiger partial charge on any atom is -0.459 e. The lowest BCUT2D eigenvalue weighted by Crippen LogP contribution is -2.65. The predicted molar refractivity (Wildman–Crippen MR) is 80.0 cm³/mol. The summed E-state index contributed by atoms with van der Waals surface area (Å²) in [5, 5.41) is 10.7. The molecule has 4 aliphatic heterocycles. The fraction of sp³-hybridized carbons (Fsp3) is 0.667. The van der Waals surface area contributed by atoms with Crippen LogP contribution in [0.2, 0.25) is 0 Å². The number of aliphatic hydroxyl groups excluding tert-OH is 1.